The SMILES string of the molecule is NCc1nc(C(=O)NCC2CCN(C3CC3)C2)cs1. The lowest BCUT2D eigenvalue weighted by molar-refractivity contribution is 0.0943. The number of carbonyl (C=O) groups is 1. The first-order valence-corrected chi connectivity index (χ1v) is 7.81. The first-order valence-electron chi connectivity index (χ1n) is 6.93. The van der Waals surface area contributed by atoms with Crippen LogP contribution in [0.25, 0.3) is 0 Å². The van der Waals surface area contributed by atoms with E-state index in [1.54, 1.807) is 5.38 Å². The third kappa shape index (κ3) is 3.13. The lowest BCUT2D eigenvalue weighted by Gasteiger charge is -2.14. The van der Waals surface area contributed by atoms with Crippen LogP contribution in [-0.2, 0) is 6.54 Å². The molecule has 19 heavy (non-hydrogen) atoms. The van der Waals surface area contributed by atoms with Gasteiger partial charge in [-0.3, -0.25) is 4.79 Å². The highest BCUT2D eigenvalue weighted by Gasteiger charge is 2.34. The summed E-state index contributed by atoms with van der Waals surface area (Å²) in [5.41, 5.74) is 6.00. The van der Waals surface area contributed by atoms with E-state index < -0.39 is 0 Å². The molecule has 1 aliphatic carbocycles. The van der Waals surface area contributed by atoms with Gasteiger partial charge in [0.2, 0.25) is 0 Å². The number of nitrogens with zero attached hydrogens (tertiary/aromatic N) is 2. The zero-order valence-corrected chi connectivity index (χ0v) is 11.8. The lowest BCUT2D eigenvalue weighted by atomic mass is 10.1. The fraction of sp³-hybridized carbons (Fsp3) is 0.692. The second-order valence-electron chi connectivity index (χ2n) is 5.42. The van der Waals surface area contributed by atoms with Crippen molar-refractivity contribution in [1.82, 2.24) is 15.2 Å². The maximum Gasteiger partial charge on any atom is 0.270 e. The highest BCUT2D eigenvalue weighted by atomic mass is 32.1. The number of aromatic nitrogens is 1. The van der Waals surface area contributed by atoms with E-state index in [1.807, 2.05) is 0 Å². The average Bonchev–Trinajstić information content (AvgIpc) is 2.99. The van der Waals surface area contributed by atoms with E-state index in [1.165, 1.54) is 37.1 Å². The molecule has 0 spiro atoms. The van der Waals surface area contributed by atoms with Crippen molar-refractivity contribution in [1.29, 1.82) is 0 Å². The van der Waals surface area contributed by atoms with Gasteiger partial charge in [-0.05, 0) is 31.7 Å². The molecule has 1 unspecified atom stereocenters. The molecule has 2 aliphatic rings. The molecule has 1 saturated carbocycles. The molecule has 2 fully saturated rings. The van der Waals surface area contributed by atoms with E-state index in [4.69, 9.17) is 5.73 Å². The molecule has 3 N–H and O–H groups in total. The maximum absolute atomic E-state index is 11.9. The quantitative estimate of drug-likeness (QED) is 0.837. The van der Waals surface area contributed by atoms with Crippen LogP contribution >= 0.6 is 11.3 Å². The highest BCUT2D eigenvalue weighted by Crippen LogP contribution is 2.31. The third-order valence-corrected chi connectivity index (χ3v) is 4.76. The Balaban J connectivity index is 1.45. The Hall–Kier alpha value is -0.980. The van der Waals surface area contributed by atoms with Gasteiger partial charge >= 0.3 is 0 Å². The van der Waals surface area contributed by atoms with Gasteiger partial charge in [-0.2, -0.15) is 0 Å². The first kappa shape index (κ1) is 13.0. The molecular formula is C13H20N4OS. The Labute approximate surface area is 117 Å². The largest absolute Gasteiger partial charge is 0.350 e. The molecule has 0 aromatic carbocycles. The van der Waals surface area contributed by atoms with Gasteiger partial charge in [0.25, 0.3) is 5.91 Å². The van der Waals surface area contributed by atoms with Gasteiger partial charge in [0.05, 0.1) is 0 Å². The minimum absolute atomic E-state index is 0.0687. The van der Waals surface area contributed by atoms with Gasteiger partial charge in [0.1, 0.15) is 10.7 Å². The average molecular weight is 280 g/mol. The van der Waals surface area contributed by atoms with Crippen LogP contribution < -0.4 is 11.1 Å². The van der Waals surface area contributed by atoms with Crippen LogP contribution in [-0.4, -0.2) is 41.5 Å². The Bertz CT molecular complexity index is 457. The number of rotatable bonds is 5. The number of thiazole rings is 1. The van der Waals surface area contributed by atoms with E-state index >= 15 is 0 Å². The van der Waals surface area contributed by atoms with Crippen molar-refractivity contribution in [2.75, 3.05) is 19.6 Å². The second kappa shape index (κ2) is 5.56. The normalized spacial score (nSPS) is 23.7. The Morgan fingerprint density at radius 1 is 1.53 bits per heavy atom. The molecule has 1 saturated heterocycles. The molecule has 0 bridgehead atoms. The van der Waals surface area contributed by atoms with E-state index in [0.717, 1.165) is 24.1 Å². The molecule has 5 nitrogen and oxygen atoms in total. The molecule has 0 radical (unpaired) electrons. The molecule has 1 aromatic heterocycles. The van der Waals surface area contributed by atoms with Gasteiger partial charge in [0, 0.05) is 31.1 Å². The standard InChI is InChI=1S/C13H20N4OS/c14-5-12-16-11(8-19-12)13(18)15-6-9-3-4-17(7-9)10-1-2-10/h8-10H,1-7,14H2,(H,15,18). The summed E-state index contributed by atoms with van der Waals surface area (Å²) in [6.07, 6.45) is 3.92. The number of nitrogens with two attached hydrogens (primary N) is 1. The van der Waals surface area contributed by atoms with Crippen LogP contribution in [0.15, 0.2) is 5.38 Å². The van der Waals surface area contributed by atoms with Crippen molar-refractivity contribution in [3.05, 3.63) is 16.1 Å². The summed E-state index contributed by atoms with van der Waals surface area (Å²) in [5, 5.41) is 5.59. The summed E-state index contributed by atoms with van der Waals surface area (Å²) in [6, 6.07) is 0.839. The van der Waals surface area contributed by atoms with E-state index in [2.05, 4.69) is 15.2 Å². The van der Waals surface area contributed by atoms with E-state index in [-0.39, 0.29) is 5.91 Å². The molecule has 1 amide bonds. The van der Waals surface area contributed by atoms with Crippen LogP contribution in [0.1, 0.15) is 34.8 Å². The van der Waals surface area contributed by atoms with Gasteiger partial charge in [-0.25, -0.2) is 4.98 Å². The van der Waals surface area contributed by atoms with Gasteiger partial charge < -0.3 is 16.0 Å². The summed E-state index contributed by atoms with van der Waals surface area (Å²) in [4.78, 5) is 18.7. The zero-order chi connectivity index (χ0) is 13.2. The molecule has 6 heteroatoms. The molecule has 1 aliphatic heterocycles. The van der Waals surface area contributed by atoms with Crippen LogP contribution in [0, 0.1) is 5.92 Å². The summed E-state index contributed by atoms with van der Waals surface area (Å²) >= 11 is 1.44. The van der Waals surface area contributed by atoms with Crippen molar-refractivity contribution in [3.63, 3.8) is 0 Å². The maximum atomic E-state index is 11.9. The Morgan fingerprint density at radius 2 is 2.37 bits per heavy atom. The van der Waals surface area contributed by atoms with Crippen molar-refractivity contribution in [2.24, 2.45) is 11.7 Å². The highest BCUT2D eigenvalue weighted by molar-refractivity contribution is 7.09. The molecule has 1 aromatic rings. The predicted molar refractivity (Wildman–Crippen MR) is 75.0 cm³/mol. The summed E-state index contributed by atoms with van der Waals surface area (Å²) in [6.45, 7) is 3.49. The Kier molecular flexibility index (Phi) is 3.81. The molecular weight excluding hydrogens is 260 g/mol. The van der Waals surface area contributed by atoms with Gasteiger partial charge in [-0.1, -0.05) is 0 Å². The van der Waals surface area contributed by atoms with Crippen LogP contribution in [0.3, 0.4) is 0 Å². The smallest absolute Gasteiger partial charge is 0.270 e. The third-order valence-electron chi connectivity index (χ3n) is 3.89. The van der Waals surface area contributed by atoms with Crippen molar-refractivity contribution < 1.29 is 4.79 Å². The topological polar surface area (TPSA) is 71.2 Å². The molecule has 1 atom stereocenters. The number of likely N-dealkylation sites (tertiary alicyclic amines) is 1. The number of carbonyl (C=O) groups excluding carboxylic acids is 1. The van der Waals surface area contributed by atoms with E-state index in [0.29, 0.717) is 18.2 Å². The minimum Gasteiger partial charge on any atom is -0.350 e. The van der Waals surface area contributed by atoms with Gasteiger partial charge in [0.15, 0.2) is 0 Å². The van der Waals surface area contributed by atoms with Crippen LogP contribution in [0.4, 0.5) is 0 Å². The molecule has 104 valence electrons. The fourth-order valence-corrected chi connectivity index (χ4v) is 3.29. The first-order chi connectivity index (χ1) is 9.26. The summed E-state index contributed by atoms with van der Waals surface area (Å²) < 4.78 is 0. The zero-order valence-electron chi connectivity index (χ0n) is 11.0. The second-order valence-corrected chi connectivity index (χ2v) is 6.36. The van der Waals surface area contributed by atoms with Gasteiger partial charge in [-0.15, -0.1) is 11.3 Å². The number of hydrogen-bond donors (Lipinski definition) is 2. The van der Waals surface area contributed by atoms with Crippen LogP contribution in [0.5, 0.6) is 0 Å². The fourth-order valence-electron chi connectivity index (χ4n) is 2.64. The summed E-state index contributed by atoms with van der Waals surface area (Å²) in [5.74, 6) is 0.526. The predicted octanol–water partition coefficient (Wildman–Crippen LogP) is 0.816. The lowest BCUT2D eigenvalue weighted by Crippen LogP contribution is -2.31. The van der Waals surface area contributed by atoms with Crippen molar-refractivity contribution in [2.45, 2.75) is 31.8 Å². The monoisotopic (exact) mass is 280 g/mol. The number of nitrogens with one attached hydrogen (secondary N) is 1. The van der Waals surface area contributed by atoms with Crippen molar-refractivity contribution >= 4 is 17.2 Å². The molecule has 3 rings (SSSR count). The van der Waals surface area contributed by atoms with Crippen molar-refractivity contribution in [3.8, 4) is 0 Å². The van der Waals surface area contributed by atoms with Crippen LogP contribution in [0.2, 0.25) is 0 Å². The summed E-state index contributed by atoms with van der Waals surface area (Å²) in [7, 11) is 0. The molecule has 2 heterocycles. The number of amides is 1. The van der Waals surface area contributed by atoms with E-state index in [9.17, 15) is 4.79 Å². The number of hydrogen-bond acceptors (Lipinski definition) is 5. The Morgan fingerprint density at radius 3 is 3.05 bits per heavy atom. The minimum atomic E-state index is -0.0687.